The van der Waals surface area contributed by atoms with Gasteiger partial charge in [-0.25, -0.2) is 4.39 Å². The minimum atomic E-state index is -0.608. The molecular formula is C10H9BrClFO. The van der Waals surface area contributed by atoms with Gasteiger partial charge in [-0.15, -0.1) is 0 Å². The van der Waals surface area contributed by atoms with Crippen molar-refractivity contribution in [3.8, 4) is 0 Å². The van der Waals surface area contributed by atoms with Gasteiger partial charge in [-0.05, 0) is 40.4 Å². The molecule has 4 heteroatoms. The van der Waals surface area contributed by atoms with Crippen molar-refractivity contribution in [3.05, 3.63) is 33.0 Å². The third-order valence-electron chi connectivity index (χ3n) is 2.46. The van der Waals surface area contributed by atoms with Gasteiger partial charge < -0.3 is 5.11 Å². The van der Waals surface area contributed by atoms with Crippen molar-refractivity contribution in [1.82, 2.24) is 0 Å². The summed E-state index contributed by atoms with van der Waals surface area (Å²) in [6, 6.07) is 3.26. The lowest BCUT2D eigenvalue weighted by atomic mass is 10.1. The zero-order chi connectivity index (χ0) is 10.3. The van der Waals surface area contributed by atoms with Crippen molar-refractivity contribution >= 4 is 27.5 Å². The number of hydrogen-bond donors (Lipinski definition) is 1. The normalized spacial score (nSPS) is 18.3. The summed E-state index contributed by atoms with van der Waals surface area (Å²) >= 11 is 8.75. The van der Waals surface area contributed by atoms with Gasteiger partial charge in [0.05, 0.1) is 15.1 Å². The Balaban J connectivity index is 2.30. The fourth-order valence-electron chi connectivity index (χ4n) is 1.38. The molecule has 0 aromatic heterocycles. The monoisotopic (exact) mass is 278 g/mol. The largest absolute Gasteiger partial charge is 0.390 e. The standard InChI is InChI=1S/C10H9BrClFO/c11-8-6(5-10(14)3-4-10)1-2-7(12)9(8)13/h1-2,14H,3-5H2. The smallest absolute Gasteiger partial charge is 0.156 e. The third-order valence-corrected chi connectivity index (χ3v) is 3.61. The molecule has 0 atom stereocenters. The van der Waals surface area contributed by atoms with Crippen LogP contribution in [0.4, 0.5) is 4.39 Å². The molecule has 1 saturated carbocycles. The predicted octanol–water partition coefficient (Wildman–Crippen LogP) is 3.31. The fourth-order valence-corrected chi connectivity index (χ4v) is 2.14. The van der Waals surface area contributed by atoms with Crippen molar-refractivity contribution < 1.29 is 9.50 Å². The summed E-state index contributed by atoms with van der Waals surface area (Å²) in [6.07, 6.45) is 2.08. The molecule has 0 saturated heterocycles. The van der Waals surface area contributed by atoms with Crippen LogP contribution >= 0.6 is 27.5 Å². The van der Waals surface area contributed by atoms with Crippen LogP contribution in [0.25, 0.3) is 0 Å². The van der Waals surface area contributed by atoms with E-state index in [1.807, 2.05) is 0 Å². The molecule has 1 aliphatic carbocycles. The summed E-state index contributed by atoms with van der Waals surface area (Å²) in [5.74, 6) is -0.451. The van der Waals surface area contributed by atoms with E-state index in [1.54, 1.807) is 6.07 Å². The zero-order valence-corrected chi connectivity index (χ0v) is 9.70. The van der Waals surface area contributed by atoms with Crippen molar-refractivity contribution in [3.63, 3.8) is 0 Å². The maximum absolute atomic E-state index is 13.3. The van der Waals surface area contributed by atoms with Gasteiger partial charge >= 0.3 is 0 Å². The van der Waals surface area contributed by atoms with E-state index in [9.17, 15) is 9.50 Å². The van der Waals surface area contributed by atoms with Crippen LogP contribution in [0.1, 0.15) is 18.4 Å². The predicted molar refractivity (Wildman–Crippen MR) is 57.0 cm³/mol. The highest BCUT2D eigenvalue weighted by Gasteiger charge is 2.40. The van der Waals surface area contributed by atoms with E-state index in [0.717, 1.165) is 18.4 Å². The maximum atomic E-state index is 13.3. The average molecular weight is 280 g/mol. The van der Waals surface area contributed by atoms with Crippen LogP contribution in [0.3, 0.4) is 0 Å². The molecule has 2 rings (SSSR count). The van der Waals surface area contributed by atoms with Gasteiger partial charge in [0.15, 0.2) is 5.82 Å². The summed E-state index contributed by atoms with van der Waals surface area (Å²) < 4.78 is 13.7. The first kappa shape index (κ1) is 10.4. The molecule has 1 aromatic carbocycles. The van der Waals surface area contributed by atoms with E-state index in [0.29, 0.717) is 10.9 Å². The van der Waals surface area contributed by atoms with Crippen molar-refractivity contribution in [2.45, 2.75) is 24.9 Å². The Morgan fingerprint density at radius 2 is 2.14 bits per heavy atom. The van der Waals surface area contributed by atoms with E-state index in [-0.39, 0.29) is 5.02 Å². The highest BCUT2D eigenvalue weighted by Crippen LogP contribution is 2.40. The molecule has 0 bridgehead atoms. The lowest BCUT2D eigenvalue weighted by Crippen LogP contribution is -2.11. The van der Waals surface area contributed by atoms with Crippen molar-refractivity contribution in [2.24, 2.45) is 0 Å². The summed E-state index contributed by atoms with van der Waals surface area (Å²) in [5, 5.41) is 9.79. The molecule has 1 N–H and O–H groups in total. The van der Waals surface area contributed by atoms with Crippen LogP contribution in [0, 0.1) is 5.82 Å². The average Bonchev–Trinajstić information content (AvgIpc) is 2.86. The molecule has 1 fully saturated rings. The summed E-state index contributed by atoms with van der Waals surface area (Å²) in [7, 11) is 0. The fraction of sp³-hybridized carbons (Fsp3) is 0.400. The number of aliphatic hydroxyl groups is 1. The van der Waals surface area contributed by atoms with Crippen molar-refractivity contribution in [1.29, 1.82) is 0 Å². The zero-order valence-electron chi connectivity index (χ0n) is 7.36. The number of benzene rings is 1. The van der Waals surface area contributed by atoms with Crippen LogP contribution in [-0.2, 0) is 6.42 Å². The second-order valence-electron chi connectivity index (χ2n) is 3.74. The van der Waals surface area contributed by atoms with E-state index in [2.05, 4.69) is 15.9 Å². The third kappa shape index (κ3) is 1.95. The van der Waals surface area contributed by atoms with Crippen LogP contribution in [0.5, 0.6) is 0 Å². The molecule has 76 valence electrons. The minimum absolute atomic E-state index is 0.100. The van der Waals surface area contributed by atoms with Crippen LogP contribution < -0.4 is 0 Å². The Labute approximate surface area is 95.0 Å². The highest BCUT2D eigenvalue weighted by molar-refractivity contribution is 9.10. The lowest BCUT2D eigenvalue weighted by molar-refractivity contribution is 0.150. The molecule has 0 spiro atoms. The molecule has 1 aromatic rings. The molecule has 0 radical (unpaired) electrons. The van der Waals surface area contributed by atoms with Gasteiger partial charge in [0, 0.05) is 6.42 Å². The number of rotatable bonds is 2. The van der Waals surface area contributed by atoms with Crippen LogP contribution in [-0.4, -0.2) is 10.7 Å². The first-order chi connectivity index (χ1) is 6.52. The molecular weight excluding hydrogens is 270 g/mol. The SMILES string of the molecule is OC1(Cc2ccc(Cl)c(F)c2Br)CC1. The Kier molecular flexibility index (Phi) is 2.58. The topological polar surface area (TPSA) is 20.2 Å². The highest BCUT2D eigenvalue weighted by atomic mass is 79.9. The van der Waals surface area contributed by atoms with E-state index in [1.165, 1.54) is 6.07 Å². The summed E-state index contributed by atoms with van der Waals surface area (Å²) in [5.41, 5.74) is 0.162. The van der Waals surface area contributed by atoms with Gasteiger partial charge in [0.2, 0.25) is 0 Å². The first-order valence-corrected chi connectivity index (χ1v) is 5.54. The summed E-state index contributed by atoms with van der Waals surface area (Å²) in [4.78, 5) is 0. The molecule has 1 nitrogen and oxygen atoms in total. The van der Waals surface area contributed by atoms with Gasteiger partial charge in [0.25, 0.3) is 0 Å². The summed E-state index contributed by atoms with van der Waals surface area (Å²) in [6.45, 7) is 0. The van der Waals surface area contributed by atoms with E-state index >= 15 is 0 Å². The van der Waals surface area contributed by atoms with E-state index in [4.69, 9.17) is 11.6 Å². The quantitative estimate of drug-likeness (QED) is 0.824. The van der Waals surface area contributed by atoms with Gasteiger partial charge in [-0.3, -0.25) is 0 Å². The Bertz CT molecular complexity index is 377. The van der Waals surface area contributed by atoms with Gasteiger partial charge in [-0.1, -0.05) is 17.7 Å². The first-order valence-electron chi connectivity index (χ1n) is 4.37. The van der Waals surface area contributed by atoms with Gasteiger partial charge in [0.1, 0.15) is 0 Å². The Morgan fingerprint density at radius 1 is 1.50 bits per heavy atom. The van der Waals surface area contributed by atoms with Crippen LogP contribution in [0.2, 0.25) is 5.02 Å². The Morgan fingerprint density at radius 3 is 2.71 bits per heavy atom. The molecule has 0 unspecified atom stereocenters. The minimum Gasteiger partial charge on any atom is -0.390 e. The Hall–Kier alpha value is -0.120. The molecule has 0 aliphatic heterocycles. The lowest BCUT2D eigenvalue weighted by Gasteiger charge is -2.10. The molecule has 14 heavy (non-hydrogen) atoms. The molecule has 0 amide bonds. The molecule has 0 heterocycles. The molecule has 1 aliphatic rings. The number of hydrogen-bond acceptors (Lipinski definition) is 1. The second kappa shape index (κ2) is 3.47. The van der Waals surface area contributed by atoms with E-state index < -0.39 is 11.4 Å². The second-order valence-corrected chi connectivity index (χ2v) is 4.94. The van der Waals surface area contributed by atoms with Gasteiger partial charge in [-0.2, -0.15) is 0 Å². The number of halogens is 3. The van der Waals surface area contributed by atoms with Crippen molar-refractivity contribution in [2.75, 3.05) is 0 Å². The maximum Gasteiger partial charge on any atom is 0.156 e. The van der Waals surface area contributed by atoms with Crippen LogP contribution in [0.15, 0.2) is 16.6 Å².